The summed E-state index contributed by atoms with van der Waals surface area (Å²) in [5, 5.41) is 0. The van der Waals surface area contributed by atoms with Crippen molar-refractivity contribution in [1.82, 2.24) is 9.62 Å². The molecule has 0 aliphatic carbocycles. The summed E-state index contributed by atoms with van der Waals surface area (Å²) in [5.41, 5.74) is 0.533. The van der Waals surface area contributed by atoms with Gasteiger partial charge in [-0.05, 0) is 44.6 Å². The lowest BCUT2D eigenvalue weighted by atomic mass is 10.2. The van der Waals surface area contributed by atoms with E-state index in [9.17, 15) is 21.6 Å². The number of nitrogens with one attached hydrogen (secondary N) is 1. The van der Waals surface area contributed by atoms with Gasteiger partial charge in [-0.1, -0.05) is 19.9 Å². The first-order valence-electron chi connectivity index (χ1n) is 8.93. The molecule has 1 heterocycles. The molecule has 10 heteroatoms. The molecule has 0 spiro atoms. The van der Waals surface area contributed by atoms with Crippen LogP contribution in [0.2, 0.25) is 0 Å². The van der Waals surface area contributed by atoms with Crippen molar-refractivity contribution >= 4 is 31.6 Å². The maximum Gasteiger partial charge on any atom is 0.242 e. The Morgan fingerprint density at radius 2 is 1.89 bits per heavy atom. The molecule has 1 fully saturated rings. The van der Waals surface area contributed by atoms with Crippen molar-refractivity contribution in [3.63, 3.8) is 0 Å². The van der Waals surface area contributed by atoms with E-state index in [1.165, 1.54) is 18.2 Å². The summed E-state index contributed by atoms with van der Waals surface area (Å²) in [4.78, 5) is 14.1. The Kier molecular flexibility index (Phi) is 6.67. The molecule has 1 unspecified atom stereocenters. The Morgan fingerprint density at radius 1 is 1.26 bits per heavy atom. The number of benzene rings is 1. The van der Waals surface area contributed by atoms with Gasteiger partial charge < -0.3 is 0 Å². The largest absolute Gasteiger partial charge is 0.300 e. The van der Waals surface area contributed by atoms with Gasteiger partial charge in [0.1, 0.15) is 0 Å². The Bertz CT molecular complexity index is 908. The fraction of sp³-hybridized carbons (Fsp3) is 0.588. The molecule has 2 rings (SSSR count). The number of likely N-dealkylation sites (N-methyl/N-ethyl adjacent to an activating group) is 1. The molecule has 0 saturated carbocycles. The van der Waals surface area contributed by atoms with Crippen molar-refractivity contribution in [3.8, 4) is 0 Å². The highest BCUT2D eigenvalue weighted by Gasteiger charge is 2.37. The van der Waals surface area contributed by atoms with E-state index in [0.717, 1.165) is 13.1 Å². The lowest BCUT2D eigenvalue weighted by Gasteiger charge is -2.26. The van der Waals surface area contributed by atoms with E-state index in [4.69, 9.17) is 0 Å². The molecule has 1 aromatic rings. The van der Waals surface area contributed by atoms with Gasteiger partial charge in [0.2, 0.25) is 26.0 Å². The van der Waals surface area contributed by atoms with E-state index >= 15 is 0 Å². The Balaban J connectivity index is 2.31. The molecule has 1 aromatic carbocycles. The molecule has 152 valence electrons. The molecule has 0 bridgehead atoms. The van der Waals surface area contributed by atoms with Crippen LogP contribution in [0.1, 0.15) is 32.8 Å². The van der Waals surface area contributed by atoms with Crippen LogP contribution in [0, 0.1) is 6.92 Å². The van der Waals surface area contributed by atoms with Crippen molar-refractivity contribution in [3.05, 3.63) is 23.8 Å². The first-order chi connectivity index (χ1) is 12.5. The smallest absolute Gasteiger partial charge is 0.242 e. The minimum absolute atomic E-state index is 0.0128. The summed E-state index contributed by atoms with van der Waals surface area (Å²) in [6.45, 7) is 9.44. The molecular formula is C17H27N3O5S2. The van der Waals surface area contributed by atoms with Gasteiger partial charge >= 0.3 is 0 Å². The van der Waals surface area contributed by atoms with Crippen molar-refractivity contribution in [2.75, 3.05) is 29.7 Å². The van der Waals surface area contributed by atoms with E-state index in [1.54, 1.807) is 6.92 Å². The summed E-state index contributed by atoms with van der Waals surface area (Å²) >= 11 is 0. The highest BCUT2D eigenvalue weighted by molar-refractivity contribution is 7.94. The van der Waals surface area contributed by atoms with Gasteiger partial charge in [-0.25, -0.2) is 25.9 Å². The average molecular weight is 418 g/mol. The number of nitrogens with zero attached hydrogens (tertiary/aromatic N) is 2. The summed E-state index contributed by atoms with van der Waals surface area (Å²) in [7, 11) is -7.60. The summed E-state index contributed by atoms with van der Waals surface area (Å²) < 4.78 is 53.1. The van der Waals surface area contributed by atoms with Crippen LogP contribution < -0.4 is 9.03 Å². The molecule has 0 radical (unpaired) electrons. The normalized spacial score (nSPS) is 18.3. The van der Waals surface area contributed by atoms with E-state index in [0.29, 0.717) is 9.87 Å². The van der Waals surface area contributed by atoms with E-state index in [-0.39, 0.29) is 35.3 Å². The quantitative estimate of drug-likeness (QED) is 0.679. The molecule has 0 aromatic heterocycles. The van der Waals surface area contributed by atoms with Gasteiger partial charge in [0.15, 0.2) is 0 Å². The van der Waals surface area contributed by atoms with E-state index < -0.39 is 26.0 Å². The van der Waals surface area contributed by atoms with Crippen molar-refractivity contribution in [2.45, 2.75) is 45.1 Å². The number of carbonyl (C=O) groups excluding carboxylic acids is 1. The lowest BCUT2D eigenvalue weighted by Crippen LogP contribution is -2.42. The van der Waals surface area contributed by atoms with E-state index in [1.807, 2.05) is 20.8 Å². The zero-order valence-corrected chi connectivity index (χ0v) is 17.7. The molecule has 1 aliphatic rings. The maximum absolute atomic E-state index is 12.8. The van der Waals surface area contributed by atoms with Crippen molar-refractivity contribution in [2.24, 2.45) is 0 Å². The number of hydrogen-bond acceptors (Lipinski definition) is 6. The van der Waals surface area contributed by atoms with Gasteiger partial charge in [-0.3, -0.25) is 9.69 Å². The van der Waals surface area contributed by atoms with Crippen LogP contribution in [0.25, 0.3) is 0 Å². The zero-order chi connectivity index (χ0) is 20.4. The third-order valence-corrected chi connectivity index (χ3v) is 8.04. The standard InChI is InChI=1S/C17H27N3O5S2/c1-5-19(6-2)14(4)12-18-27(24,25)16-11-15(8-7-13(16)3)20-17(21)9-10-26(20,22)23/h7-8,11,14,18H,5-6,9-10,12H2,1-4H3. The fourth-order valence-corrected chi connectivity index (χ4v) is 5.99. The van der Waals surface area contributed by atoms with Crippen LogP contribution in [-0.2, 0) is 24.8 Å². The number of aryl methyl sites for hydroxylation is 1. The number of rotatable bonds is 8. The third kappa shape index (κ3) is 4.68. The highest BCUT2D eigenvalue weighted by atomic mass is 32.2. The molecule has 1 saturated heterocycles. The second-order valence-electron chi connectivity index (χ2n) is 6.60. The van der Waals surface area contributed by atoms with Gasteiger partial charge in [0, 0.05) is 19.0 Å². The molecule has 1 aliphatic heterocycles. The summed E-state index contributed by atoms with van der Waals surface area (Å²) in [6.07, 6.45) is -0.0993. The molecule has 1 atom stereocenters. The second kappa shape index (κ2) is 8.26. The monoisotopic (exact) mass is 417 g/mol. The SMILES string of the molecule is CCN(CC)C(C)CNS(=O)(=O)c1cc(N2C(=O)CCS2(=O)=O)ccc1C. The minimum atomic E-state index is -3.85. The highest BCUT2D eigenvalue weighted by Crippen LogP contribution is 2.29. The fourth-order valence-electron chi connectivity index (χ4n) is 3.16. The van der Waals surface area contributed by atoms with Gasteiger partial charge in [-0.15, -0.1) is 0 Å². The molecule has 27 heavy (non-hydrogen) atoms. The number of carbonyl (C=O) groups is 1. The van der Waals surface area contributed by atoms with Crippen molar-refractivity contribution < 1.29 is 21.6 Å². The topological polar surface area (TPSA) is 104 Å². The first-order valence-corrected chi connectivity index (χ1v) is 12.0. The lowest BCUT2D eigenvalue weighted by molar-refractivity contribution is -0.116. The maximum atomic E-state index is 12.8. The molecule has 1 amide bonds. The van der Waals surface area contributed by atoms with Crippen LogP contribution in [-0.4, -0.2) is 59.1 Å². The number of sulfonamides is 2. The minimum Gasteiger partial charge on any atom is -0.300 e. The Labute approximate surface area is 161 Å². The van der Waals surface area contributed by atoms with Crippen LogP contribution in [0.4, 0.5) is 5.69 Å². The van der Waals surface area contributed by atoms with Crippen LogP contribution in [0.3, 0.4) is 0 Å². The molecule has 8 nitrogen and oxygen atoms in total. The Morgan fingerprint density at radius 3 is 2.41 bits per heavy atom. The predicted octanol–water partition coefficient (Wildman–Crippen LogP) is 1.07. The predicted molar refractivity (Wildman–Crippen MR) is 105 cm³/mol. The second-order valence-corrected chi connectivity index (χ2v) is 10.3. The van der Waals surface area contributed by atoms with Crippen LogP contribution >= 0.6 is 0 Å². The third-order valence-electron chi connectivity index (χ3n) is 4.78. The van der Waals surface area contributed by atoms with Gasteiger partial charge in [-0.2, -0.15) is 0 Å². The van der Waals surface area contributed by atoms with Crippen LogP contribution in [0.15, 0.2) is 23.1 Å². The zero-order valence-electron chi connectivity index (χ0n) is 16.1. The number of anilines is 1. The van der Waals surface area contributed by atoms with Crippen molar-refractivity contribution in [1.29, 1.82) is 0 Å². The number of amides is 1. The van der Waals surface area contributed by atoms with Gasteiger partial charge in [0.05, 0.1) is 16.3 Å². The summed E-state index contributed by atoms with van der Waals surface area (Å²) in [5.74, 6) is -0.813. The first kappa shape index (κ1) is 21.8. The molecular weight excluding hydrogens is 390 g/mol. The molecule has 1 N–H and O–H groups in total. The van der Waals surface area contributed by atoms with Crippen LogP contribution in [0.5, 0.6) is 0 Å². The summed E-state index contributed by atoms with van der Waals surface area (Å²) in [6, 6.07) is 4.23. The Hall–Kier alpha value is -1.49. The average Bonchev–Trinajstić information content (AvgIpc) is 2.88. The number of hydrogen-bond donors (Lipinski definition) is 1. The van der Waals surface area contributed by atoms with E-state index in [2.05, 4.69) is 9.62 Å². The van der Waals surface area contributed by atoms with Gasteiger partial charge in [0.25, 0.3) is 0 Å².